The van der Waals surface area contributed by atoms with E-state index in [-0.39, 0.29) is 29.8 Å². The third-order valence-electron chi connectivity index (χ3n) is 5.71. The van der Waals surface area contributed by atoms with Crippen LogP contribution in [-0.4, -0.2) is 42.6 Å². The Balaban J connectivity index is 1.93. The third kappa shape index (κ3) is 6.21. The molecule has 1 aliphatic rings. The molecule has 1 aromatic carbocycles. The molecule has 5 nitrogen and oxygen atoms in total. The van der Waals surface area contributed by atoms with Gasteiger partial charge in [0.2, 0.25) is 5.91 Å². The standard InChI is InChI=1S/C22H33FN2O3/c1-4-16(5-2)20(17-7-9-18(23)10-8-17)15-21(26)24-19-11-13-25(14-12-19)22(27)28-6-3/h7-10,16,19-20H,4-6,11-15H2,1-3H3,(H,24,26). The van der Waals surface area contributed by atoms with Gasteiger partial charge < -0.3 is 15.0 Å². The lowest BCUT2D eigenvalue weighted by Crippen LogP contribution is -2.47. The first-order valence-corrected chi connectivity index (χ1v) is 10.4. The van der Waals surface area contributed by atoms with Gasteiger partial charge >= 0.3 is 6.09 Å². The third-order valence-corrected chi connectivity index (χ3v) is 5.71. The molecule has 0 radical (unpaired) electrons. The highest BCUT2D eigenvalue weighted by atomic mass is 19.1. The molecule has 2 rings (SSSR count). The zero-order chi connectivity index (χ0) is 20.5. The van der Waals surface area contributed by atoms with Crippen LogP contribution < -0.4 is 5.32 Å². The maximum atomic E-state index is 13.3. The van der Waals surface area contributed by atoms with Gasteiger partial charge in [-0.25, -0.2) is 9.18 Å². The van der Waals surface area contributed by atoms with Crippen molar-refractivity contribution < 1.29 is 18.7 Å². The Morgan fingerprint density at radius 1 is 1.14 bits per heavy atom. The number of piperidine rings is 1. The van der Waals surface area contributed by atoms with Crippen molar-refractivity contribution in [1.29, 1.82) is 0 Å². The van der Waals surface area contributed by atoms with E-state index in [4.69, 9.17) is 4.74 Å². The number of halogens is 1. The molecule has 1 aliphatic heterocycles. The number of carbonyl (C=O) groups excluding carboxylic acids is 2. The van der Waals surface area contributed by atoms with E-state index in [0.29, 0.717) is 32.0 Å². The molecular weight excluding hydrogens is 359 g/mol. The van der Waals surface area contributed by atoms with Crippen molar-refractivity contribution in [2.75, 3.05) is 19.7 Å². The molecule has 1 unspecified atom stereocenters. The number of nitrogens with zero attached hydrogens (tertiary/aromatic N) is 1. The lowest BCUT2D eigenvalue weighted by molar-refractivity contribution is -0.122. The van der Waals surface area contributed by atoms with Gasteiger partial charge in [-0.05, 0) is 49.3 Å². The molecule has 0 saturated carbocycles. The van der Waals surface area contributed by atoms with Gasteiger partial charge in [0, 0.05) is 25.6 Å². The number of benzene rings is 1. The predicted molar refractivity (Wildman–Crippen MR) is 108 cm³/mol. The summed E-state index contributed by atoms with van der Waals surface area (Å²) in [5.41, 5.74) is 1.02. The molecular formula is C22H33FN2O3. The Morgan fingerprint density at radius 3 is 2.29 bits per heavy atom. The maximum absolute atomic E-state index is 13.3. The van der Waals surface area contributed by atoms with Crippen molar-refractivity contribution in [2.24, 2.45) is 5.92 Å². The van der Waals surface area contributed by atoms with Crippen LogP contribution in [0.4, 0.5) is 9.18 Å². The molecule has 0 bridgehead atoms. The zero-order valence-corrected chi connectivity index (χ0v) is 17.2. The van der Waals surface area contributed by atoms with E-state index in [1.54, 1.807) is 24.0 Å². The molecule has 6 heteroatoms. The topological polar surface area (TPSA) is 58.6 Å². The molecule has 1 aromatic rings. The van der Waals surface area contributed by atoms with Gasteiger partial charge in [0.25, 0.3) is 0 Å². The van der Waals surface area contributed by atoms with E-state index in [0.717, 1.165) is 31.2 Å². The van der Waals surface area contributed by atoms with E-state index < -0.39 is 0 Å². The van der Waals surface area contributed by atoms with Crippen LogP contribution in [0.2, 0.25) is 0 Å². The number of hydrogen-bond donors (Lipinski definition) is 1. The molecule has 0 spiro atoms. The van der Waals surface area contributed by atoms with E-state index in [2.05, 4.69) is 19.2 Å². The second-order valence-corrected chi connectivity index (χ2v) is 7.47. The van der Waals surface area contributed by atoms with E-state index in [1.807, 2.05) is 0 Å². The van der Waals surface area contributed by atoms with Crippen molar-refractivity contribution in [3.8, 4) is 0 Å². The van der Waals surface area contributed by atoms with E-state index >= 15 is 0 Å². The maximum Gasteiger partial charge on any atom is 0.409 e. The SMILES string of the molecule is CCOC(=O)N1CCC(NC(=O)CC(c2ccc(F)cc2)C(CC)CC)CC1. The summed E-state index contributed by atoms with van der Waals surface area (Å²) >= 11 is 0. The molecule has 156 valence electrons. The largest absolute Gasteiger partial charge is 0.450 e. The smallest absolute Gasteiger partial charge is 0.409 e. The Bertz CT molecular complexity index is 623. The van der Waals surface area contributed by atoms with Gasteiger partial charge in [-0.1, -0.05) is 38.8 Å². The first kappa shape index (κ1) is 22.2. The monoisotopic (exact) mass is 392 g/mol. The average molecular weight is 393 g/mol. The van der Waals surface area contributed by atoms with Crippen molar-refractivity contribution >= 4 is 12.0 Å². The molecule has 0 aliphatic carbocycles. The molecule has 1 fully saturated rings. The minimum Gasteiger partial charge on any atom is -0.450 e. The Kier molecular flexibility index (Phi) is 8.74. The number of hydrogen-bond acceptors (Lipinski definition) is 3. The van der Waals surface area contributed by atoms with Crippen LogP contribution in [0.15, 0.2) is 24.3 Å². The molecule has 1 N–H and O–H groups in total. The molecule has 0 aromatic heterocycles. The number of nitrogens with one attached hydrogen (secondary N) is 1. The summed E-state index contributed by atoms with van der Waals surface area (Å²) in [5.74, 6) is 0.220. The van der Waals surface area contributed by atoms with Crippen LogP contribution in [0.3, 0.4) is 0 Å². The average Bonchev–Trinajstić information content (AvgIpc) is 2.69. The highest BCUT2D eigenvalue weighted by Crippen LogP contribution is 2.33. The minimum atomic E-state index is -0.280. The lowest BCUT2D eigenvalue weighted by atomic mass is 9.80. The number of ether oxygens (including phenoxy) is 1. The van der Waals surface area contributed by atoms with Crippen molar-refractivity contribution in [3.05, 3.63) is 35.6 Å². The summed E-state index contributed by atoms with van der Waals surface area (Å²) in [7, 11) is 0. The lowest BCUT2D eigenvalue weighted by Gasteiger charge is -2.32. The number of carbonyl (C=O) groups is 2. The van der Waals surface area contributed by atoms with Crippen LogP contribution in [-0.2, 0) is 9.53 Å². The van der Waals surface area contributed by atoms with E-state index in [1.165, 1.54) is 12.1 Å². The summed E-state index contributed by atoms with van der Waals surface area (Å²) in [4.78, 5) is 26.2. The number of amides is 2. The predicted octanol–water partition coefficient (Wildman–Crippen LogP) is 4.47. The molecule has 1 atom stereocenters. The molecule has 2 amide bonds. The first-order chi connectivity index (χ1) is 13.5. The summed E-state index contributed by atoms with van der Waals surface area (Å²) in [6, 6.07) is 6.60. The fraction of sp³-hybridized carbons (Fsp3) is 0.636. The number of rotatable bonds is 8. The highest BCUT2D eigenvalue weighted by Gasteiger charge is 2.27. The van der Waals surface area contributed by atoms with Gasteiger partial charge in [0.15, 0.2) is 0 Å². The van der Waals surface area contributed by atoms with Crippen LogP contribution in [0, 0.1) is 11.7 Å². The van der Waals surface area contributed by atoms with Crippen molar-refractivity contribution in [2.45, 2.75) is 64.8 Å². The molecule has 28 heavy (non-hydrogen) atoms. The zero-order valence-electron chi connectivity index (χ0n) is 17.2. The van der Waals surface area contributed by atoms with E-state index in [9.17, 15) is 14.0 Å². The van der Waals surface area contributed by atoms with Gasteiger partial charge in [0.1, 0.15) is 5.82 Å². The Hall–Kier alpha value is -2.11. The van der Waals surface area contributed by atoms with Gasteiger partial charge in [-0.15, -0.1) is 0 Å². The van der Waals surface area contributed by atoms with Crippen LogP contribution in [0.5, 0.6) is 0 Å². The molecule has 1 saturated heterocycles. The quantitative estimate of drug-likeness (QED) is 0.710. The van der Waals surface area contributed by atoms with Crippen molar-refractivity contribution in [3.63, 3.8) is 0 Å². The summed E-state index contributed by atoms with van der Waals surface area (Å²) in [6.45, 7) is 7.62. The fourth-order valence-electron chi connectivity index (χ4n) is 4.03. The van der Waals surface area contributed by atoms with Crippen LogP contribution in [0.25, 0.3) is 0 Å². The van der Waals surface area contributed by atoms with Gasteiger partial charge in [0.05, 0.1) is 6.61 Å². The second-order valence-electron chi connectivity index (χ2n) is 7.47. The van der Waals surface area contributed by atoms with Crippen LogP contribution in [0.1, 0.15) is 64.4 Å². The second kappa shape index (κ2) is 11.0. The summed E-state index contributed by atoms with van der Waals surface area (Å²) in [6.07, 6.45) is 3.54. The van der Waals surface area contributed by atoms with Crippen molar-refractivity contribution in [1.82, 2.24) is 10.2 Å². The highest BCUT2D eigenvalue weighted by molar-refractivity contribution is 5.77. The summed E-state index contributed by atoms with van der Waals surface area (Å²) in [5, 5.41) is 3.13. The van der Waals surface area contributed by atoms with Crippen LogP contribution >= 0.6 is 0 Å². The van der Waals surface area contributed by atoms with Gasteiger partial charge in [-0.3, -0.25) is 4.79 Å². The Labute approximate surface area is 167 Å². The minimum absolute atomic E-state index is 0.0239. The summed E-state index contributed by atoms with van der Waals surface area (Å²) < 4.78 is 18.3. The fourth-order valence-corrected chi connectivity index (χ4v) is 4.03. The van der Waals surface area contributed by atoms with Gasteiger partial charge in [-0.2, -0.15) is 0 Å². The number of likely N-dealkylation sites (tertiary alicyclic amines) is 1. The first-order valence-electron chi connectivity index (χ1n) is 10.4. The Morgan fingerprint density at radius 2 is 1.75 bits per heavy atom. The normalized spacial score (nSPS) is 16.1. The molecule has 1 heterocycles.